The summed E-state index contributed by atoms with van der Waals surface area (Å²) in [4.78, 5) is 12.1. The van der Waals surface area contributed by atoms with E-state index in [1.165, 1.54) is 18.2 Å². The Balaban J connectivity index is 2.49. The molecule has 0 bridgehead atoms. The lowest BCUT2D eigenvalue weighted by Crippen LogP contribution is -2.25. The molecule has 0 aliphatic heterocycles. The average molecular weight is 323 g/mol. The highest BCUT2D eigenvalue weighted by molar-refractivity contribution is 9.09. The van der Waals surface area contributed by atoms with Gasteiger partial charge in [-0.1, -0.05) is 34.5 Å². The van der Waals surface area contributed by atoms with Crippen LogP contribution in [0.5, 0.6) is 0 Å². The topological polar surface area (TPSA) is 29.1 Å². The molecule has 1 unspecified atom stereocenters. The van der Waals surface area contributed by atoms with Crippen molar-refractivity contribution in [3.63, 3.8) is 0 Å². The van der Waals surface area contributed by atoms with Crippen molar-refractivity contribution in [3.05, 3.63) is 34.6 Å². The van der Waals surface area contributed by atoms with Crippen molar-refractivity contribution in [1.29, 1.82) is 0 Å². The predicted octanol–water partition coefficient (Wildman–Crippen LogP) is 3.77. The number of hydrogen-bond donors (Lipinski definition) is 1. The molecule has 0 spiro atoms. The highest BCUT2D eigenvalue weighted by atomic mass is 79.9. The normalized spacial score (nSPS) is 12.2. The Bertz CT molecular complexity index is 398. The lowest BCUT2D eigenvalue weighted by atomic mass is 10.2. The molecule has 2 nitrogen and oxygen atoms in total. The molecule has 5 heteroatoms. The second kappa shape index (κ2) is 6.97. The Kier molecular flexibility index (Phi) is 5.92. The molecule has 17 heavy (non-hydrogen) atoms. The minimum atomic E-state index is -0.555. The van der Waals surface area contributed by atoms with Crippen molar-refractivity contribution in [3.8, 4) is 0 Å². The van der Waals surface area contributed by atoms with Gasteiger partial charge in [0.1, 0.15) is 5.82 Å². The van der Waals surface area contributed by atoms with Gasteiger partial charge in [-0.05, 0) is 31.0 Å². The standard InChI is InChI=1S/C12H14BrClFNO/c1-8(13)3-2-6-16-12(17)10-7-9(14)4-5-11(10)15/h4-5,7-8H,2-3,6H2,1H3,(H,16,17). The first-order valence-corrected chi connectivity index (χ1v) is 6.67. The van der Waals surface area contributed by atoms with Crippen LogP contribution in [0.25, 0.3) is 0 Å². The van der Waals surface area contributed by atoms with E-state index in [-0.39, 0.29) is 5.56 Å². The van der Waals surface area contributed by atoms with E-state index < -0.39 is 11.7 Å². The molecule has 0 saturated heterocycles. The Morgan fingerprint density at radius 3 is 2.94 bits per heavy atom. The van der Waals surface area contributed by atoms with Crippen molar-refractivity contribution in [1.82, 2.24) is 5.32 Å². The summed E-state index contributed by atoms with van der Waals surface area (Å²) < 4.78 is 13.3. The van der Waals surface area contributed by atoms with Gasteiger partial charge in [-0.25, -0.2) is 4.39 Å². The lowest BCUT2D eigenvalue weighted by molar-refractivity contribution is 0.0949. The van der Waals surface area contributed by atoms with E-state index in [0.29, 0.717) is 16.4 Å². The first-order valence-electron chi connectivity index (χ1n) is 5.38. The molecule has 1 atom stereocenters. The Morgan fingerprint density at radius 2 is 2.29 bits per heavy atom. The van der Waals surface area contributed by atoms with E-state index in [4.69, 9.17) is 11.6 Å². The Labute approximate surface area is 114 Å². The third-order valence-electron chi connectivity index (χ3n) is 2.24. The van der Waals surface area contributed by atoms with Crippen LogP contribution in [-0.4, -0.2) is 17.3 Å². The van der Waals surface area contributed by atoms with Crippen molar-refractivity contribution in [2.24, 2.45) is 0 Å². The summed E-state index contributed by atoms with van der Waals surface area (Å²) in [7, 11) is 0. The predicted molar refractivity (Wildman–Crippen MR) is 71.4 cm³/mol. The molecule has 1 aromatic carbocycles. The third-order valence-corrected chi connectivity index (χ3v) is 2.93. The van der Waals surface area contributed by atoms with Crippen LogP contribution in [0.1, 0.15) is 30.1 Å². The maximum absolute atomic E-state index is 13.3. The van der Waals surface area contributed by atoms with E-state index in [1.807, 2.05) is 6.92 Å². The van der Waals surface area contributed by atoms with Crippen molar-refractivity contribution < 1.29 is 9.18 Å². The highest BCUT2D eigenvalue weighted by Crippen LogP contribution is 2.14. The van der Waals surface area contributed by atoms with Crippen LogP contribution in [0.4, 0.5) is 4.39 Å². The van der Waals surface area contributed by atoms with Crippen LogP contribution in [-0.2, 0) is 0 Å². The number of amides is 1. The SMILES string of the molecule is CC(Br)CCCNC(=O)c1cc(Cl)ccc1F. The molecule has 94 valence electrons. The van der Waals surface area contributed by atoms with Crippen LogP contribution in [0.15, 0.2) is 18.2 Å². The number of nitrogens with one attached hydrogen (secondary N) is 1. The maximum atomic E-state index is 13.3. The molecule has 1 aromatic rings. The van der Waals surface area contributed by atoms with Gasteiger partial charge in [0.15, 0.2) is 0 Å². The van der Waals surface area contributed by atoms with E-state index in [1.54, 1.807) is 0 Å². The second-order valence-corrected chi connectivity index (χ2v) is 5.80. The monoisotopic (exact) mass is 321 g/mol. The smallest absolute Gasteiger partial charge is 0.254 e. The van der Waals surface area contributed by atoms with Gasteiger partial charge in [0.05, 0.1) is 5.56 Å². The van der Waals surface area contributed by atoms with E-state index in [0.717, 1.165) is 12.8 Å². The molecule has 1 rings (SSSR count). The average Bonchev–Trinajstić information content (AvgIpc) is 2.27. The first kappa shape index (κ1) is 14.5. The second-order valence-electron chi connectivity index (χ2n) is 3.80. The Hall–Kier alpha value is -0.610. The quantitative estimate of drug-likeness (QED) is 0.649. The summed E-state index contributed by atoms with van der Waals surface area (Å²) in [5, 5.41) is 3.02. The summed E-state index contributed by atoms with van der Waals surface area (Å²) in [5.41, 5.74) is -0.00982. The van der Waals surface area contributed by atoms with Crippen LogP contribution in [0, 0.1) is 5.82 Å². The molecule has 0 radical (unpaired) electrons. The summed E-state index contributed by atoms with van der Waals surface area (Å²) >= 11 is 9.13. The van der Waals surface area contributed by atoms with E-state index >= 15 is 0 Å². The van der Waals surface area contributed by atoms with Gasteiger partial charge >= 0.3 is 0 Å². The van der Waals surface area contributed by atoms with Gasteiger partial charge < -0.3 is 5.32 Å². The van der Waals surface area contributed by atoms with Gasteiger partial charge in [0, 0.05) is 16.4 Å². The van der Waals surface area contributed by atoms with Gasteiger partial charge in [0.2, 0.25) is 0 Å². The number of hydrogen-bond acceptors (Lipinski definition) is 1. The van der Waals surface area contributed by atoms with Gasteiger partial charge in [-0.2, -0.15) is 0 Å². The zero-order valence-electron chi connectivity index (χ0n) is 9.47. The molecular weight excluding hydrogens is 308 g/mol. The number of rotatable bonds is 5. The zero-order chi connectivity index (χ0) is 12.8. The molecule has 1 amide bonds. The van der Waals surface area contributed by atoms with Crippen molar-refractivity contribution in [2.75, 3.05) is 6.54 Å². The molecule has 0 aromatic heterocycles. The number of halogens is 3. The number of benzene rings is 1. The third kappa shape index (κ3) is 5.04. The molecule has 0 heterocycles. The largest absolute Gasteiger partial charge is 0.352 e. The zero-order valence-corrected chi connectivity index (χ0v) is 11.8. The summed E-state index contributed by atoms with van der Waals surface area (Å²) in [6, 6.07) is 3.94. The number of alkyl halides is 1. The molecule has 1 N–H and O–H groups in total. The molecular formula is C12H14BrClFNO. The molecule has 0 aliphatic rings. The number of carbonyl (C=O) groups is 1. The summed E-state index contributed by atoms with van der Waals surface area (Å²) in [6.07, 6.45) is 1.80. The summed E-state index contributed by atoms with van der Waals surface area (Å²) in [6.45, 7) is 2.57. The van der Waals surface area contributed by atoms with Gasteiger partial charge in [0.25, 0.3) is 5.91 Å². The minimum Gasteiger partial charge on any atom is -0.352 e. The van der Waals surface area contributed by atoms with Gasteiger partial charge in [-0.3, -0.25) is 4.79 Å². The molecule has 0 fully saturated rings. The van der Waals surface area contributed by atoms with Gasteiger partial charge in [-0.15, -0.1) is 0 Å². The molecule has 0 aliphatic carbocycles. The fraction of sp³-hybridized carbons (Fsp3) is 0.417. The van der Waals surface area contributed by atoms with Crippen molar-refractivity contribution in [2.45, 2.75) is 24.6 Å². The summed E-state index contributed by atoms with van der Waals surface area (Å²) in [5.74, 6) is -0.979. The fourth-order valence-corrected chi connectivity index (χ4v) is 1.85. The molecule has 0 saturated carbocycles. The van der Waals surface area contributed by atoms with Crippen LogP contribution in [0.3, 0.4) is 0 Å². The van der Waals surface area contributed by atoms with Crippen LogP contribution >= 0.6 is 27.5 Å². The van der Waals surface area contributed by atoms with E-state index in [9.17, 15) is 9.18 Å². The fourth-order valence-electron chi connectivity index (χ4n) is 1.35. The first-order chi connectivity index (χ1) is 8.00. The maximum Gasteiger partial charge on any atom is 0.254 e. The highest BCUT2D eigenvalue weighted by Gasteiger charge is 2.11. The van der Waals surface area contributed by atoms with Crippen molar-refractivity contribution >= 4 is 33.4 Å². The number of carbonyl (C=O) groups excluding carboxylic acids is 1. The van der Waals surface area contributed by atoms with E-state index in [2.05, 4.69) is 21.2 Å². The lowest BCUT2D eigenvalue weighted by Gasteiger charge is -2.07. The minimum absolute atomic E-state index is 0.00982. The Morgan fingerprint density at radius 1 is 1.59 bits per heavy atom. The van der Waals surface area contributed by atoms with Crippen LogP contribution < -0.4 is 5.32 Å². The van der Waals surface area contributed by atoms with Crippen LogP contribution in [0.2, 0.25) is 5.02 Å².